The summed E-state index contributed by atoms with van der Waals surface area (Å²) in [5.41, 5.74) is 3.35. The molecular weight excluding hydrogens is 350 g/mol. The topological polar surface area (TPSA) is 73.1 Å². The van der Waals surface area contributed by atoms with Crippen molar-refractivity contribution in [2.24, 2.45) is 0 Å². The number of anilines is 1. The molecule has 3 aromatic rings. The van der Waals surface area contributed by atoms with Gasteiger partial charge in [-0.1, -0.05) is 12.1 Å². The van der Waals surface area contributed by atoms with Crippen LogP contribution < -0.4 is 10.5 Å². The number of hydrogen-bond donors (Lipinski definition) is 0. The van der Waals surface area contributed by atoms with Gasteiger partial charge >= 0.3 is 0 Å². The van der Waals surface area contributed by atoms with Gasteiger partial charge < -0.3 is 9.64 Å². The Morgan fingerprint density at radius 2 is 2.00 bits per heavy atom. The van der Waals surface area contributed by atoms with Crippen LogP contribution in [0, 0.1) is 0 Å². The van der Waals surface area contributed by atoms with Crippen molar-refractivity contribution in [2.45, 2.75) is 39.2 Å². The molecule has 1 saturated heterocycles. The van der Waals surface area contributed by atoms with Crippen LogP contribution in [-0.2, 0) is 24.1 Å². The van der Waals surface area contributed by atoms with Gasteiger partial charge in [-0.05, 0) is 36.8 Å². The number of hydrogen-bond acceptors (Lipinski definition) is 7. The van der Waals surface area contributed by atoms with E-state index in [-0.39, 0.29) is 5.56 Å². The highest BCUT2D eigenvalue weighted by molar-refractivity contribution is 7.25. The molecule has 136 valence electrons. The first-order chi connectivity index (χ1) is 12.8. The molecule has 4 heterocycles. The van der Waals surface area contributed by atoms with Gasteiger partial charge in [0.2, 0.25) is 0 Å². The summed E-state index contributed by atoms with van der Waals surface area (Å²) in [6.07, 6.45) is 4.06. The van der Waals surface area contributed by atoms with Gasteiger partial charge in [-0.25, -0.2) is 9.67 Å². The Labute approximate surface area is 154 Å². The molecule has 8 heteroatoms. The standard InChI is InChI=1S/C18H21N5O2S/c1-2-6-23-18(24)15-14(20-21-23)13-11-4-3-5-12(11)16(19-17(13)26-15)22-7-9-25-10-8-22/h2-10H2,1H3. The molecule has 3 aromatic heterocycles. The molecule has 0 bridgehead atoms. The van der Waals surface area contributed by atoms with Crippen LogP contribution in [0.4, 0.5) is 5.82 Å². The largest absolute Gasteiger partial charge is 0.378 e. The van der Waals surface area contributed by atoms with E-state index >= 15 is 0 Å². The van der Waals surface area contributed by atoms with Gasteiger partial charge in [-0.2, -0.15) is 0 Å². The van der Waals surface area contributed by atoms with Crippen molar-refractivity contribution >= 4 is 37.6 Å². The summed E-state index contributed by atoms with van der Waals surface area (Å²) in [6.45, 7) is 5.87. The summed E-state index contributed by atoms with van der Waals surface area (Å²) in [5, 5.41) is 9.64. The van der Waals surface area contributed by atoms with Crippen molar-refractivity contribution in [1.82, 2.24) is 20.0 Å². The Hall–Kier alpha value is -2.06. The number of nitrogens with zero attached hydrogens (tertiary/aromatic N) is 5. The summed E-state index contributed by atoms with van der Waals surface area (Å²) in [7, 11) is 0. The van der Waals surface area contributed by atoms with Crippen molar-refractivity contribution in [3.63, 3.8) is 0 Å². The van der Waals surface area contributed by atoms with Gasteiger partial charge in [0.1, 0.15) is 20.9 Å². The van der Waals surface area contributed by atoms with E-state index < -0.39 is 0 Å². The van der Waals surface area contributed by atoms with E-state index in [1.807, 2.05) is 6.92 Å². The zero-order valence-corrected chi connectivity index (χ0v) is 15.6. The van der Waals surface area contributed by atoms with Gasteiger partial charge in [0, 0.05) is 25.0 Å². The van der Waals surface area contributed by atoms with E-state index in [0.29, 0.717) is 11.2 Å². The fourth-order valence-electron chi connectivity index (χ4n) is 4.08. The number of morpholine rings is 1. The maximum atomic E-state index is 12.8. The number of ether oxygens (including phenoxy) is 1. The molecule has 2 aliphatic rings. The highest BCUT2D eigenvalue weighted by Crippen LogP contribution is 2.40. The number of thiophene rings is 1. The Morgan fingerprint density at radius 1 is 1.19 bits per heavy atom. The van der Waals surface area contributed by atoms with Gasteiger partial charge in [0.25, 0.3) is 5.56 Å². The zero-order chi connectivity index (χ0) is 17.7. The van der Waals surface area contributed by atoms with Gasteiger partial charge in [0.05, 0.1) is 13.2 Å². The summed E-state index contributed by atoms with van der Waals surface area (Å²) in [6, 6.07) is 0. The first-order valence-corrected chi connectivity index (χ1v) is 10.1. The van der Waals surface area contributed by atoms with Gasteiger partial charge in [0.15, 0.2) is 0 Å². The minimum absolute atomic E-state index is 0.0421. The van der Waals surface area contributed by atoms with E-state index in [1.165, 1.54) is 27.1 Å². The fraction of sp³-hybridized carbons (Fsp3) is 0.556. The van der Waals surface area contributed by atoms with E-state index in [1.54, 1.807) is 0 Å². The van der Waals surface area contributed by atoms with Crippen LogP contribution in [-0.4, -0.2) is 46.3 Å². The zero-order valence-electron chi connectivity index (χ0n) is 14.8. The second-order valence-corrected chi connectivity index (χ2v) is 7.92. The predicted octanol–water partition coefficient (Wildman–Crippen LogP) is 2.14. The Balaban J connectivity index is 1.77. The molecule has 0 saturated carbocycles. The van der Waals surface area contributed by atoms with Crippen LogP contribution in [0.3, 0.4) is 0 Å². The molecule has 0 aromatic carbocycles. The smallest absolute Gasteiger partial charge is 0.287 e. The van der Waals surface area contributed by atoms with Crippen LogP contribution in [0.5, 0.6) is 0 Å². The molecule has 0 N–H and O–H groups in total. The van der Waals surface area contributed by atoms with Crippen molar-refractivity contribution in [3.8, 4) is 0 Å². The lowest BCUT2D eigenvalue weighted by Crippen LogP contribution is -2.37. The summed E-state index contributed by atoms with van der Waals surface area (Å²) in [4.78, 5) is 21.0. The molecule has 1 aliphatic carbocycles. The second kappa shape index (κ2) is 6.28. The number of aromatic nitrogens is 4. The van der Waals surface area contributed by atoms with Gasteiger partial charge in [-0.3, -0.25) is 4.79 Å². The van der Waals surface area contributed by atoms with Crippen LogP contribution in [0.25, 0.3) is 20.4 Å². The third-order valence-corrected chi connectivity index (χ3v) is 6.35. The number of aryl methyl sites for hydroxylation is 2. The van der Waals surface area contributed by atoms with Crippen LogP contribution in [0.1, 0.15) is 30.9 Å². The summed E-state index contributed by atoms with van der Waals surface area (Å²) < 4.78 is 7.66. The molecule has 0 spiro atoms. The molecule has 0 amide bonds. The number of fused-ring (bicyclic) bond motifs is 5. The first-order valence-electron chi connectivity index (χ1n) is 9.32. The van der Waals surface area contributed by atoms with E-state index in [4.69, 9.17) is 9.72 Å². The lowest BCUT2D eigenvalue weighted by atomic mass is 10.1. The molecule has 7 nitrogen and oxygen atoms in total. The molecule has 5 rings (SSSR count). The highest BCUT2D eigenvalue weighted by atomic mass is 32.1. The summed E-state index contributed by atoms with van der Waals surface area (Å²) in [5.74, 6) is 1.08. The first kappa shape index (κ1) is 16.1. The Morgan fingerprint density at radius 3 is 2.81 bits per heavy atom. The molecular formula is C18H21N5O2S. The molecule has 0 unspecified atom stereocenters. The van der Waals surface area contributed by atoms with E-state index in [0.717, 1.165) is 73.5 Å². The third-order valence-electron chi connectivity index (χ3n) is 5.29. The normalized spacial score (nSPS) is 17.3. The van der Waals surface area contributed by atoms with Crippen molar-refractivity contribution < 1.29 is 4.74 Å². The molecule has 1 fully saturated rings. The average Bonchev–Trinajstić information content (AvgIpc) is 3.28. The SMILES string of the molecule is CCCn1nnc2c(sc3nc(N4CCOCC4)c4c(c32)CCC4)c1=O. The number of rotatable bonds is 3. The van der Waals surface area contributed by atoms with Crippen molar-refractivity contribution in [1.29, 1.82) is 0 Å². The van der Waals surface area contributed by atoms with Crippen molar-refractivity contribution in [3.05, 3.63) is 21.5 Å². The molecule has 0 radical (unpaired) electrons. The second-order valence-electron chi connectivity index (χ2n) is 6.92. The Bertz CT molecular complexity index is 1050. The maximum absolute atomic E-state index is 12.8. The molecule has 0 atom stereocenters. The molecule has 1 aliphatic heterocycles. The van der Waals surface area contributed by atoms with Crippen LogP contribution in [0.15, 0.2) is 4.79 Å². The lowest BCUT2D eigenvalue weighted by molar-refractivity contribution is 0.122. The maximum Gasteiger partial charge on any atom is 0.287 e. The monoisotopic (exact) mass is 371 g/mol. The quantitative estimate of drug-likeness (QED) is 0.702. The summed E-state index contributed by atoms with van der Waals surface area (Å²) >= 11 is 1.47. The van der Waals surface area contributed by atoms with Crippen molar-refractivity contribution in [2.75, 3.05) is 31.2 Å². The third kappa shape index (κ3) is 2.35. The minimum Gasteiger partial charge on any atom is -0.378 e. The number of pyridine rings is 1. The highest BCUT2D eigenvalue weighted by Gasteiger charge is 2.27. The fourth-order valence-corrected chi connectivity index (χ4v) is 5.16. The lowest BCUT2D eigenvalue weighted by Gasteiger charge is -2.29. The van der Waals surface area contributed by atoms with E-state index in [9.17, 15) is 4.79 Å². The Kier molecular flexibility index (Phi) is 3.90. The molecule has 26 heavy (non-hydrogen) atoms. The van der Waals surface area contributed by atoms with Gasteiger partial charge in [-0.15, -0.1) is 16.4 Å². The van der Waals surface area contributed by atoms with E-state index in [2.05, 4.69) is 15.2 Å². The minimum atomic E-state index is -0.0421. The van der Waals surface area contributed by atoms with Crippen LogP contribution >= 0.6 is 11.3 Å². The average molecular weight is 371 g/mol. The van der Waals surface area contributed by atoms with Crippen LogP contribution in [0.2, 0.25) is 0 Å². The predicted molar refractivity (Wildman–Crippen MR) is 102 cm³/mol.